The maximum absolute atomic E-state index is 15.1. The Morgan fingerprint density at radius 3 is 2.32 bits per heavy atom. The summed E-state index contributed by atoms with van der Waals surface area (Å²) < 4.78 is 13.0. The Balaban J connectivity index is 1.52. The highest BCUT2D eigenvalue weighted by Gasteiger charge is 2.77. The van der Waals surface area contributed by atoms with Gasteiger partial charge in [0.2, 0.25) is 11.8 Å². The molecule has 0 saturated carbocycles. The van der Waals surface area contributed by atoms with Crippen molar-refractivity contribution < 1.29 is 33.8 Å². The number of halogens is 1. The Bertz CT molecular complexity index is 1630. The first-order chi connectivity index (χ1) is 25.5. The second-order valence-electron chi connectivity index (χ2n) is 14.3. The van der Waals surface area contributed by atoms with Gasteiger partial charge in [-0.1, -0.05) is 72.3 Å². The molecule has 3 heterocycles. The summed E-state index contributed by atoms with van der Waals surface area (Å²) in [4.78, 5) is 61.8. The van der Waals surface area contributed by atoms with Crippen molar-refractivity contribution in [2.24, 2.45) is 17.8 Å². The number of likely N-dealkylation sites (tertiary alicyclic amines) is 1. The van der Waals surface area contributed by atoms with Gasteiger partial charge in [0.05, 0.1) is 37.1 Å². The topological polar surface area (TPSA) is 129 Å². The van der Waals surface area contributed by atoms with E-state index in [1.807, 2.05) is 68.4 Å². The number of carbonyl (C=O) groups excluding carboxylic acids is 4. The minimum Gasteiger partial charge on any atom is -0.455 e. The maximum Gasteiger partial charge on any atom is 0.313 e. The molecular formula is C41H53BrN4O7. The van der Waals surface area contributed by atoms with Crippen molar-refractivity contribution in [1.29, 1.82) is 0 Å². The van der Waals surface area contributed by atoms with Crippen LogP contribution in [0.15, 0.2) is 79.9 Å². The number of nitrogens with one attached hydrogen (secondary N) is 1. The summed E-state index contributed by atoms with van der Waals surface area (Å²) in [6.07, 6.45) is 2.76. The summed E-state index contributed by atoms with van der Waals surface area (Å²) in [5.41, 5.74) is 0.954. The van der Waals surface area contributed by atoms with Crippen LogP contribution in [-0.4, -0.2) is 95.1 Å². The summed E-state index contributed by atoms with van der Waals surface area (Å²) >= 11 is 3.74. The molecule has 5 rings (SSSR count). The number of nitrogens with zero attached hydrogens (tertiary/aromatic N) is 3. The fourth-order valence-electron chi connectivity index (χ4n) is 8.27. The van der Waals surface area contributed by atoms with Gasteiger partial charge in [0.1, 0.15) is 17.7 Å². The first-order valence-electron chi connectivity index (χ1n) is 18.6. The molecule has 2 bridgehead atoms. The summed E-state index contributed by atoms with van der Waals surface area (Å²) in [7, 11) is 0. The summed E-state index contributed by atoms with van der Waals surface area (Å²) in [5.74, 6) is -3.96. The van der Waals surface area contributed by atoms with Crippen LogP contribution in [0.1, 0.15) is 58.6 Å². The van der Waals surface area contributed by atoms with Gasteiger partial charge in [0.25, 0.3) is 5.91 Å². The predicted molar refractivity (Wildman–Crippen MR) is 209 cm³/mol. The highest BCUT2D eigenvalue weighted by atomic mass is 79.9. The number of fused-ring (bicyclic) bond motifs is 1. The molecule has 3 fully saturated rings. The van der Waals surface area contributed by atoms with Gasteiger partial charge in [-0.2, -0.15) is 0 Å². The Morgan fingerprint density at radius 2 is 1.74 bits per heavy atom. The number of aliphatic hydroxyl groups excluding tert-OH is 1. The van der Waals surface area contributed by atoms with E-state index in [1.54, 1.807) is 17.1 Å². The van der Waals surface area contributed by atoms with E-state index in [2.05, 4.69) is 53.2 Å². The van der Waals surface area contributed by atoms with Crippen molar-refractivity contribution >= 4 is 51.0 Å². The van der Waals surface area contributed by atoms with Crippen molar-refractivity contribution in [3.63, 3.8) is 0 Å². The van der Waals surface area contributed by atoms with Gasteiger partial charge in [-0.25, -0.2) is 0 Å². The van der Waals surface area contributed by atoms with Crippen LogP contribution in [0.2, 0.25) is 0 Å². The lowest BCUT2D eigenvalue weighted by molar-refractivity contribution is -0.161. The zero-order valence-electron chi connectivity index (χ0n) is 31.2. The van der Waals surface area contributed by atoms with Gasteiger partial charge >= 0.3 is 5.97 Å². The number of alkyl halides is 1. The smallest absolute Gasteiger partial charge is 0.313 e. The van der Waals surface area contributed by atoms with Crippen molar-refractivity contribution in [3.8, 4) is 0 Å². The number of aliphatic hydroxyl groups is 1. The largest absolute Gasteiger partial charge is 0.455 e. The molecule has 8 atom stereocenters. The molecule has 53 heavy (non-hydrogen) atoms. The van der Waals surface area contributed by atoms with E-state index in [4.69, 9.17) is 9.47 Å². The third kappa shape index (κ3) is 7.82. The molecule has 11 nitrogen and oxygen atoms in total. The predicted octanol–water partition coefficient (Wildman–Crippen LogP) is 5.18. The lowest BCUT2D eigenvalue weighted by atomic mass is 9.70. The summed E-state index contributed by atoms with van der Waals surface area (Å²) in [5, 5.41) is 13.6. The van der Waals surface area contributed by atoms with Crippen molar-refractivity contribution in [2.45, 2.75) is 81.7 Å². The van der Waals surface area contributed by atoms with Crippen LogP contribution in [0.3, 0.4) is 0 Å². The number of hydrogen-bond acceptors (Lipinski definition) is 8. The van der Waals surface area contributed by atoms with Gasteiger partial charge in [-0.15, -0.1) is 13.2 Å². The fraction of sp³-hybridized carbons (Fsp3) is 0.512. The molecule has 1 unspecified atom stereocenters. The molecule has 3 amide bonds. The monoisotopic (exact) mass is 792 g/mol. The number of ether oxygens (including phenoxy) is 2. The van der Waals surface area contributed by atoms with Crippen LogP contribution in [0, 0.1) is 17.8 Å². The molecule has 2 aromatic rings. The second-order valence-corrected chi connectivity index (χ2v) is 15.5. The maximum atomic E-state index is 15.1. The first kappa shape index (κ1) is 40.2. The number of benzene rings is 2. The molecule has 0 radical (unpaired) electrons. The first-order valence-corrected chi connectivity index (χ1v) is 19.5. The van der Waals surface area contributed by atoms with Gasteiger partial charge in [0, 0.05) is 42.3 Å². The van der Waals surface area contributed by atoms with Gasteiger partial charge in [-0.05, 0) is 62.4 Å². The van der Waals surface area contributed by atoms with Crippen LogP contribution in [0.4, 0.5) is 11.4 Å². The van der Waals surface area contributed by atoms with E-state index in [0.29, 0.717) is 24.1 Å². The molecule has 2 N–H and O–H groups in total. The molecular weight excluding hydrogens is 740 g/mol. The van der Waals surface area contributed by atoms with Crippen molar-refractivity contribution in [1.82, 2.24) is 10.2 Å². The van der Waals surface area contributed by atoms with Crippen LogP contribution in [-0.2, 0) is 28.7 Å². The van der Waals surface area contributed by atoms with Crippen molar-refractivity contribution in [2.75, 3.05) is 42.6 Å². The minimum absolute atomic E-state index is 0.0300. The third-order valence-electron chi connectivity index (χ3n) is 10.9. The van der Waals surface area contributed by atoms with E-state index >= 15 is 4.79 Å². The average molecular weight is 794 g/mol. The minimum atomic E-state index is -1.37. The lowest BCUT2D eigenvalue weighted by Crippen LogP contribution is -2.60. The summed E-state index contributed by atoms with van der Waals surface area (Å²) in [6.45, 7) is 17.0. The zero-order valence-corrected chi connectivity index (χ0v) is 32.7. The molecule has 3 saturated heterocycles. The van der Waals surface area contributed by atoms with Crippen LogP contribution in [0.25, 0.3) is 0 Å². The SMILES string of the molecule is C=CCCC(=O)NC[C@H](OC(=O)[C@H]1[C@@H]2O[C@@]3(CC2Br)[C@@H]1C(=O)N([C@@H](CO)C(C)C)[C@@H]3C(=O)N(CC=C)c1ccc(N(CC)CC)cc1)c1ccccc1. The number of esters is 1. The van der Waals surface area contributed by atoms with E-state index < -0.39 is 53.6 Å². The average Bonchev–Trinajstić information content (AvgIpc) is 3.75. The van der Waals surface area contributed by atoms with E-state index in [9.17, 15) is 19.5 Å². The molecule has 3 aliphatic rings. The number of allylic oxidation sites excluding steroid dienone is 1. The third-order valence-corrected chi connectivity index (χ3v) is 11.7. The van der Waals surface area contributed by atoms with Gasteiger partial charge in [-0.3, -0.25) is 19.2 Å². The molecule has 2 aromatic carbocycles. The normalized spacial score (nSPS) is 25.5. The van der Waals surface area contributed by atoms with Crippen LogP contribution >= 0.6 is 15.9 Å². The highest BCUT2D eigenvalue weighted by molar-refractivity contribution is 9.09. The Morgan fingerprint density at radius 1 is 1.08 bits per heavy atom. The molecule has 286 valence electrons. The molecule has 3 aliphatic heterocycles. The number of carbonyl (C=O) groups is 4. The van der Waals surface area contributed by atoms with Gasteiger partial charge < -0.3 is 34.6 Å². The standard InChI is InChI=1S/C41H53BrN4O7/c1-7-11-17-33(48)43-24-32(27-15-13-12-14-16-27)52-40(51)34-35-38(49)46(31(25-47)26(5)6)37(41(35)23-30(42)36(34)53-41)39(50)45(22-8-2)29-20-18-28(19-21-29)44(9-3)10-4/h7-8,12-16,18-21,26,30-32,34-37,47H,1-2,9-11,17,22-25H2,3-6H3,(H,43,48)/t30?,31-,32-,34+,35-,36+,37+,41-/m0/s1. The van der Waals surface area contributed by atoms with Crippen molar-refractivity contribution in [3.05, 3.63) is 85.5 Å². The Labute approximate surface area is 321 Å². The second kappa shape index (κ2) is 17.4. The lowest BCUT2D eigenvalue weighted by Gasteiger charge is -2.40. The number of amides is 3. The Hall–Kier alpha value is -4.00. The quantitative estimate of drug-likeness (QED) is 0.120. The fourth-order valence-corrected chi connectivity index (χ4v) is 9.21. The molecule has 0 aromatic heterocycles. The Kier molecular flexibility index (Phi) is 13.2. The van der Waals surface area contributed by atoms with Gasteiger partial charge in [0.15, 0.2) is 0 Å². The van der Waals surface area contributed by atoms with Crippen LogP contribution < -0.4 is 15.1 Å². The van der Waals surface area contributed by atoms with E-state index in [0.717, 1.165) is 18.8 Å². The number of hydrogen-bond donors (Lipinski definition) is 2. The highest BCUT2D eigenvalue weighted by Crippen LogP contribution is 2.61. The molecule has 0 aliphatic carbocycles. The van der Waals surface area contributed by atoms with E-state index in [-0.39, 0.29) is 48.7 Å². The zero-order chi connectivity index (χ0) is 38.4. The molecule has 1 spiro atoms. The molecule has 12 heteroatoms. The number of anilines is 2. The summed E-state index contributed by atoms with van der Waals surface area (Å²) in [6, 6.07) is 15.0. The number of rotatable bonds is 18. The van der Waals surface area contributed by atoms with E-state index in [1.165, 1.54) is 4.90 Å². The van der Waals surface area contributed by atoms with Crippen LogP contribution in [0.5, 0.6) is 0 Å².